The summed E-state index contributed by atoms with van der Waals surface area (Å²) < 4.78 is 5.51. The molecule has 1 rings (SSSR count). The second kappa shape index (κ2) is 4.86. The number of hydrogen-bond donors (Lipinski definition) is 0. The van der Waals surface area contributed by atoms with Gasteiger partial charge in [0, 0.05) is 13.2 Å². The highest BCUT2D eigenvalue weighted by Crippen LogP contribution is 2.34. The molecule has 1 nitrogen and oxygen atoms in total. The summed E-state index contributed by atoms with van der Waals surface area (Å²) in [4.78, 5) is 0. The number of hydrogen-bond acceptors (Lipinski definition) is 1. The van der Waals surface area contributed by atoms with E-state index in [9.17, 15) is 0 Å². The summed E-state index contributed by atoms with van der Waals surface area (Å²) in [6, 6.07) is 0. The molecule has 0 radical (unpaired) electrons. The van der Waals surface area contributed by atoms with Crippen molar-refractivity contribution >= 4 is 0 Å². The lowest BCUT2D eigenvalue weighted by molar-refractivity contribution is 0.0438. The largest absolute Gasteiger partial charge is 0.381 e. The lowest BCUT2D eigenvalue weighted by Crippen LogP contribution is -2.28. The maximum atomic E-state index is 5.51. The summed E-state index contributed by atoms with van der Waals surface area (Å²) >= 11 is 0. The Morgan fingerprint density at radius 1 is 1.17 bits per heavy atom. The first kappa shape index (κ1) is 10.0. The van der Waals surface area contributed by atoms with Crippen molar-refractivity contribution in [3.05, 3.63) is 0 Å². The summed E-state index contributed by atoms with van der Waals surface area (Å²) in [6.45, 7) is 8.69. The highest BCUT2D eigenvalue weighted by molar-refractivity contribution is 4.77. The normalized spacial score (nSPS) is 36.8. The maximum absolute atomic E-state index is 5.51. The van der Waals surface area contributed by atoms with Gasteiger partial charge in [-0.15, -0.1) is 0 Å². The van der Waals surface area contributed by atoms with E-state index in [1.165, 1.54) is 19.3 Å². The Morgan fingerprint density at radius 3 is 2.25 bits per heavy atom. The van der Waals surface area contributed by atoms with E-state index in [1.54, 1.807) is 0 Å². The van der Waals surface area contributed by atoms with Crippen molar-refractivity contribution in [2.75, 3.05) is 13.2 Å². The van der Waals surface area contributed by atoms with Gasteiger partial charge in [-0.3, -0.25) is 0 Å². The first-order valence-corrected chi connectivity index (χ1v) is 5.33. The third-order valence-corrected chi connectivity index (χ3v) is 3.30. The molecule has 0 heterocycles. The van der Waals surface area contributed by atoms with Crippen molar-refractivity contribution in [2.24, 2.45) is 17.8 Å². The lowest BCUT2D eigenvalue weighted by atomic mass is 9.74. The zero-order chi connectivity index (χ0) is 8.97. The lowest BCUT2D eigenvalue weighted by Gasteiger charge is -2.34. The molecule has 1 unspecified atom stereocenters. The van der Waals surface area contributed by atoms with Crippen LogP contribution in [0.4, 0.5) is 0 Å². The first-order chi connectivity index (χ1) is 5.75. The van der Waals surface area contributed by atoms with Crippen molar-refractivity contribution in [1.29, 1.82) is 0 Å². The van der Waals surface area contributed by atoms with E-state index in [4.69, 9.17) is 4.74 Å². The van der Waals surface area contributed by atoms with Crippen LogP contribution in [0.25, 0.3) is 0 Å². The van der Waals surface area contributed by atoms with Crippen LogP contribution in [0.5, 0.6) is 0 Å². The molecule has 0 aromatic carbocycles. The molecule has 1 aliphatic rings. The average Bonchev–Trinajstić information content (AvgIpc) is 2.04. The van der Waals surface area contributed by atoms with Crippen LogP contribution in [0.15, 0.2) is 0 Å². The van der Waals surface area contributed by atoms with E-state index in [1.807, 2.05) is 0 Å². The van der Waals surface area contributed by atoms with Crippen molar-refractivity contribution in [3.8, 4) is 0 Å². The van der Waals surface area contributed by atoms with Crippen LogP contribution >= 0.6 is 0 Å². The van der Waals surface area contributed by atoms with Crippen molar-refractivity contribution in [2.45, 2.75) is 40.0 Å². The van der Waals surface area contributed by atoms with Crippen molar-refractivity contribution in [3.63, 3.8) is 0 Å². The van der Waals surface area contributed by atoms with E-state index >= 15 is 0 Å². The molecule has 0 N–H and O–H groups in total. The maximum Gasteiger partial charge on any atom is 0.0499 e. The minimum absolute atomic E-state index is 0.818. The van der Waals surface area contributed by atoms with Gasteiger partial charge in [-0.05, 0) is 24.7 Å². The fourth-order valence-electron chi connectivity index (χ4n) is 2.33. The van der Waals surface area contributed by atoms with E-state index < -0.39 is 0 Å². The van der Waals surface area contributed by atoms with Gasteiger partial charge in [0.15, 0.2) is 0 Å². The molecule has 1 saturated carbocycles. The van der Waals surface area contributed by atoms with Crippen LogP contribution in [0, 0.1) is 17.8 Å². The molecule has 0 saturated heterocycles. The fraction of sp³-hybridized carbons (Fsp3) is 1.00. The Bertz CT molecular complexity index is 112. The second-order valence-electron chi connectivity index (χ2n) is 4.21. The van der Waals surface area contributed by atoms with Gasteiger partial charge in [0.2, 0.25) is 0 Å². The molecule has 1 fully saturated rings. The van der Waals surface area contributed by atoms with E-state index in [0.717, 1.165) is 31.0 Å². The summed E-state index contributed by atoms with van der Waals surface area (Å²) in [6.07, 6.45) is 4.23. The van der Waals surface area contributed by atoms with Gasteiger partial charge < -0.3 is 4.74 Å². The first-order valence-electron chi connectivity index (χ1n) is 5.33. The fourth-order valence-corrected chi connectivity index (χ4v) is 2.33. The predicted octanol–water partition coefficient (Wildman–Crippen LogP) is 3.10. The Morgan fingerprint density at radius 2 is 1.75 bits per heavy atom. The molecular weight excluding hydrogens is 148 g/mol. The smallest absolute Gasteiger partial charge is 0.0499 e. The van der Waals surface area contributed by atoms with Gasteiger partial charge in [0.25, 0.3) is 0 Å². The van der Waals surface area contributed by atoms with E-state index in [0.29, 0.717) is 0 Å². The predicted molar refractivity (Wildman–Crippen MR) is 52.2 cm³/mol. The third-order valence-electron chi connectivity index (χ3n) is 3.30. The molecule has 0 aromatic heterocycles. The molecule has 1 aliphatic carbocycles. The van der Waals surface area contributed by atoms with Gasteiger partial charge in [0.1, 0.15) is 0 Å². The molecule has 3 atom stereocenters. The number of rotatable bonds is 3. The summed E-state index contributed by atoms with van der Waals surface area (Å²) in [5.74, 6) is 2.57. The molecular formula is C11H22O. The Labute approximate surface area is 76.5 Å². The van der Waals surface area contributed by atoms with Crippen LogP contribution < -0.4 is 0 Å². The number of ether oxygens (including phenoxy) is 1. The Kier molecular flexibility index (Phi) is 4.07. The van der Waals surface area contributed by atoms with Crippen molar-refractivity contribution < 1.29 is 4.74 Å². The second-order valence-corrected chi connectivity index (χ2v) is 4.21. The highest BCUT2D eigenvalue weighted by Gasteiger charge is 2.27. The van der Waals surface area contributed by atoms with Gasteiger partial charge in [-0.2, -0.15) is 0 Å². The summed E-state index contributed by atoms with van der Waals surface area (Å²) in [5.41, 5.74) is 0. The van der Waals surface area contributed by atoms with Gasteiger partial charge in [0.05, 0.1) is 0 Å². The molecule has 72 valence electrons. The third kappa shape index (κ3) is 2.48. The topological polar surface area (TPSA) is 9.23 Å². The van der Waals surface area contributed by atoms with E-state index in [2.05, 4.69) is 20.8 Å². The molecule has 0 spiro atoms. The molecule has 0 aliphatic heterocycles. The monoisotopic (exact) mass is 170 g/mol. The minimum atomic E-state index is 0.818. The molecule has 0 bridgehead atoms. The molecule has 0 aromatic rings. The van der Waals surface area contributed by atoms with Crippen LogP contribution in [-0.2, 0) is 4.74 Å². The van der Waals surface area contributed by atoms with Crippen LogP contribution in [-0.4, -0.2) is 13.2 Å². The quantitative estimate of drug-likeness (QED) is 0.632. The van der Waals surface area contributed by atoms with Gasteiger partial charge in [-0.1, -0.05) is 33.1 Å². The summed E-state index contributed by atoms with van der Waals surface area (Å²) in [7, 11) is 0. The van der Waals surface area contributed by atoms with Crippen molar-refractivity contribution in [1.82, 2.24) is 0 Å². The van der Waals surface area contributed by atoms with Gasteiger partial charge in [-0.25, -0.2) is 0 Å². The molecule has 1 heteroatoms. The minimum Gasteiger partial charge on any atom is -0.381 e. The van der Waals surface area contributed by atoms with Gasteiger partial charge >= 0.3 is 0 Å². The van der Waals surface area contributed by atoms with Crippen LogP contribution in [0.2, 0.25) is 0 Å². The SMILES string of the molecule is CCOCC1[C@H](C)CCC[C@@H]1C. The zero-order valence-electron chi connectivity index (χ0n) is 8.68. The highest BCUT2D eigenvalue weighted by atomic mass is 16.5. The van der Waals surface area contributed by atoms with Crippen LogP contribution in [0.1, 0.15) is 40.0 Å². The zero-order valence-corrected chi connectivity index (χ0v) is 8.68. The Hall–Kier alpha value is -0.0400. The van der Waals surface area contributed by atoms with Crippen LogP contribution in [0.3, 0.4) is 0 Å². The average molecular weight is 170 g/mol. The van der Waals surface area contributed by atoms with E-state index in [-0.39, 0.29) is 0 Å². The summed E-state index contributed by atoms with van der Waals surface area (Å²) in [5, 5.41) is 0. The standard InChI is InChI=1S/C11H22O/c1-4-12-8-11-9(2)6-5-7-10(11)3/h9-11H,4-8H2,1-3H3/t9-,10+,11?. The molecule has 0 amide bonds. The molecule has 12 heavy (non-hydrogen) atoms. The Balaban J connectivity index is 2.34.